The van der Waals surface area contributed by atoms with Crippen LogP contribution >= 0.6 is 0 Å². The first-order valence-corrected chi connectivity index (χ1v) is 4.52. The van der Waals surface area contributed by atoms with Gasteiger partial charge in [0.05, 0.1) is 0 Å². The van der Waals surface area contributed by atoms with Gasteiger partial charge in [-0.1, -0.05) is 0 Å². The van der Waals surface area contributed by atoms with Crippen molar-refractivity contribution in [3.05, 3.63) is 0 Å². The zero-order chi connectivity index (χ0) is 13.6. The summed E-state index contributed by atoms with van der Waals surface area (Å²) in [6.07, 6.45) is -5.24. The van der Waals surface area contributed by atoms with E-state index in [1.165, 1.54) is 0 Å². The van der Waals surface area contributed by atoms with E-state index in [2.05, 4.69) is 0 Å². The van der Waals surface area contributed by atoms with Crippen LogP contribution in [-0.2, 0) is 10.1 Å². The van der Waals surface area contributed by atoms with Crippen LogP contribution < -0.4 is 0 Å². The summed E-state index contributed by atoms with van der Waals surface area (Å²) in [7, 11) is -6.97. The highest BCUT2D eigenvalue weighted by molar-refractivity contribution is 7.87. The third-order valence-corrected chi connectivity index (χ3v) is 2.29. The number of hydrogen-bond acceptors (Lipinski definition) is 2. The number of hydrogen-bond donors (Lipinski definition) is 1. The first-order valence-electron chi connectivity index (χ1n) is 3.08. The molecule has 0 bridgehead atoms. The summed E-state index contributed by atoms with van der Waals surface area (Å²) in [5, 5.41) is -6.74. The average molecular weight is 282 g/mol. The summed E-state index contributed by atoms with van der Waals surface area (Å²) in [5.74, 6) is -13.6. The van der Waals surface area contributed by atoms with Crippen LogP contribution in [0.4, 0.5) is 35.1 Å². The Morgan fingerprint density at radius 2 is 1.25 bits per heavy atom. The van der Waals surface area contributed by atoms with Gasteiger partial charge in [0.2, 0.25) is 0 Å². The lowest BCUT2D eigenvalue weighted by Gasteiger charge is -2.29. The third-order valence-electron chi connectivity index (χ3n) is 1.38. The van der Waals surface area contributed by atoms with E-state index in [9.17, 15) is 43.5 Å². The van der Waals surface area contributed by atoms with Crippen LogP contribution in [0.1, 0.15) is 0 Å². The average Bonchev–Trinajstić information content (AvgIpc) is 2.00. The van der Waals surface area contributed by atoms with Crippen molar-refractivity contribution in [3.63, 3.8) is 0 Å². The van der Waals surface area contributed by atoms with Gasteiger partial charge in [0.15, 0.2) is 0 Å². The molecule has 0 fully saturated rings. The Morgan fingerprint density at radius 1 is 0.938 bits per heavy atom. The maximum atomic E-state index is 12.2. The lowest BCUT2D eigenvalue weighted by molar-refractivity contribution is -0.315. The Hall–Kier alpha value is -0.650. The standard InChI is InChI=1S/C4H2F8O3S/c5-1(6)2(7,8)3(9,10)4(11,12)16(13,14)15/h1H,(H,13,14,15). The SMILES string of the molecule is O=S(=O)(O)C(F)(F)C(F)(F)C(F)(F)C(F)F. The summed E-state index contributed by atoms with van der Waals surface area (Å²) in [5.41, 5.74) is 0. The molecule has 0 unspecified atom stereocenters. The Labute approximate surface area is 82.8 Å². The fourth-order valence-corrected chi connectivity index (χ4v) is 0.953. The molecule has 0 spiro atoms. The van der Waals surface area contributed by atoms with Crippen LogP contribution in [0.25, 0.3) is 0 Å². The van der Waals surface area contributed by atoms with Crippen LogP contribution in [0.5, 0.6) is 0 Å². The maximum Gasteiger partial charge on any atom is 0.438 e. The molecule has 0 aromatic heterocycles. The second-order valence-electron chi connectivity index (χ2n) is 2.49. The van der Waals surface area contributed by atoms with Gasteiger partial charge in [-0.05, 0) is 0 Å². The molecule has 12 heteroatoms. The molecule has 0 saturated heterocycles. The molecule has 0 amide bonds. The van der Waals surface area contributed by atoms with Crippen LogP contribution in [0.3, 0.4) is 0 Å². The first kappa shape index (κ1) is 15.3. The zero-order valence-electron chi connectivity index (χ0n) is 6.77. The fourth-order valence-electron chi connectivity index (χ4n) is 0.493. The van der Waals surface area contributed by atoms with E-state index in [4.69, 9.17) is 4.55 Å². The summed E-state index contributed by atoms with van der Waals surface area (Å²) in [4.78, 5) is 0. The minimum Gasteiger partial charge on any atom is -0.281 e. The number of halogens is 8. The third kappa shape index (κ3) is 1.95. The molecule has 1 N–H and O–H groups in total. The van der Waals surface area contributed by atoms with Crippen LogP contribution in [-0.4, -0.2) is 36.5 Å². The Bertz CT molecular complexity index is 359. The predicted octanol–water partition coefficient (Wildman–Crippen LogP) is 2.00. The molecule has 3 nitrogen and oxygen atoms in total. The van der Waals surface area contributed by atoms with Crippen LogP contribution in [0, 0.1) is 0 Å². The zero-order valence-corrected chi connectivity index (χ0v) is 7.59. The van der Waals surface area contributed by atoms with Crippen molar-refractivity contribution in [2.24, 2.45) is 0 Å². The molecular weight excluding hydrogens is 280 g/mol. The molecule has 0 atom stereocenters. The van der Waals surface area contributed by atoms with Crippen LogP contribution in [0.15, 0.2) is 0 Å². The fraction of sp³-hybridized carbons (Fsp3) is 1.00. The molecule has 0 aliphatic carbocycles. The molecule has 0 aromatic rings. The van der Waals surface area contributed by atoms with E-state index < -0.39 is 33.6 Å². The summed E-state index contributed by atoms with van der Waals surface area (Å²) in [6.45, 7) is 0. The van der Waals surface area contributed by atoms with Gasteiger partial charge in [-0.2, -0.15) is 34.8 Å². The lowest BCUT2D eigenvalue weighted by atomic mass is 10.2. The quantitative estimate of drug-likeness (QED) is 0.634. The van der Waals surface area contributed by atoms with Crippen molar-refractivity contribution in [2.45, 2.75) is 23.5 Å². The maximum absolute atomic E-state index is 12.2. The second-order valence-corrected chi connectivity index (χ2v) is 3.95. The lowest BCUT2D eigenvalue weighted by Crippen LogP contribution is -2.60. The molecule has 98 valence electrons. The summed E-state index contributed by atoms with van der Waals surface area (Å²) in [6, 6.07) is 0. The van der Waals surface area contributed by atoms with Gasteiger partial charge in [0, 0.05) is 0 Å². The summed E-state index contributed by atoms with van der Waals surface area (Å²) >= 11 is 0. The Morgan fingerprint density at radius 3 is 1.44 bits per heavy atom. The second kappa shape index (κ2) is 3.68. The van der Waals surface area contributed by atoms with E-state index in [1.807, 2.05) is 0 Å². The van der Waals surface area contributed by atoms with Gasteiger partial charge in [0.1, 0.15) is 0 Å². The molecule has 0 aliphatic rings. The van der Waals surface area contributed by atoms with E-state index in [-0.39, 0.29) is 0 Å². The van der Waals surface area contributed by atoms with E-state index in [0.29, 0.717) is 0 Å². The van der Waals surface area contributed by atoms with Gasteiger partial charge < -0.3 is 0 Å². The largest absolute Gasteiger partial charge is 0.438 e. The highest BCUT2D eigenvalue weighted by atomic mass is 32.2. The smallest absolute Gasteiger partial charge is 0.281 e. The Balaban J connectivity index is 5.72. The molecular formula is C4H2F8O3S. The van der Waals surface area contributed by atoms with Crippen molar-refractivity contribution >= 4 is 10.1 Å². The topological polar surface area (TPSA) is 54.4 Å². The van der Waals surface area contributed by atoms with E-state index >= 15 is 0 Å². The normalized spacial score (nSPS) is 15.6. The monoisotopic (exact) mass is 282 g/mol. The van der Waals surface area contributed by atoms with Gasteiger partial charge in [-0.15, -0.1) is 0 Å². The molecule has 0 rings (SSSR count). The van der Waals surface area contributed by atoms with Crippen molar-refractivity contribution in [1.82, 2.24) is 0 Å². The molecule has 0 radical (unpaired) electrons. The van der Waals surface area contributed by atoms with Gasteiger partial charge in [-0.3, -0.25) is 4.55 Å². The van der Waals surface area contributed by atoms with Crippen molar-refractivity contribution < 1.29 is 48.1 Å². The van der Waals surface area contributed by atoms with E-state index in [1.54, 1.807) is 0 Å². The van der Waals surface area contributed by atoms with Gasteiger partial charge >= 0.3 is 33.6 Å². The molecule has 0 aromatic carbocycles. The van der Waals surface area contributed by atoms with Crippen LogP contribution in [0.2, 0.25) is 0 Å². The highest BCUT2D eigenvalue weighted by Crippen LogP contribution is 2.50. The molecule has 0 heterocycles. The Kier molecular flexibility index (Phi) is 3.53. The van der Waals surface area contributed by atoms with Crippen molar-refractivity contribution in [1.29, 1.82) is 0 Å². The first-order chi connectivity index (χ1) is 6.69. The summed E-state index contributed by atoms with van der Waals surface area (Å²) < 4.78 is 123. The molecule has 0 saturated carbocycles. The van der Waals surface area contributed by atoms with Gasteiger partial charge in [-0.25, -0.2) is 8.78 Å². The number of rotatable bonds is 4. The molecule has 16 heavy (non-hydrogen) atoms. The minimum absolute atomic E-state index is 5.24. The predicted molar refractivity (Wildman–Crippen MR) is 32.4 cm³/mol. The van der Waals surface area contributed by atoms with Gasteiger partial charge in [0.25, 0.3) is 0 Å². The molecule has 0 aliphatic heterocycles. The minimum atomic E-state index is -6.97. The van der Waals surface area contributed by atoms with Crippen molar-refractivity contribution in [3.8, 4) is 0 Å². The van der Waals surface area contributed by atoms with E-state index in [0.717, 1.165) is 0 Å². The number of alkyl halides is 8. The van der Waals surface area contributed by atoms with Crippen molar-refractivity contribution in [2.75, 3.05) is 0 Å². The highest BCUT2D eigenvalue weighted by Gasteiger charge is 2.80.